The number of carbonyl (C=O) groups is 3. The van der Waals surface area contributed by atoms with Gasteiger partial charge in [0, 0.05) is 29.5 Å². The summed E-state index contributed by atoms with van der Waals surface area (Å²) < 4.78 is 0.503. The molecule has 4 rings (SSSR count). The molecule has 14 heteroatoms. The number of hydrogen-bond donors (Lipinski definition) is 4. The number of β-lactam (4-membered cyclic amide) rings is 1. The number of nitrogens with two attached hydrogens (primary N) is 1. The Labute approximate surface area is 197 Å². The van der Waals surface area contributed by atoms with E-state index in [2.05, 4.69) is 15.5 Å². The summed E-state index contributed by atoms with van der Waals surface area (Å²) in [5.41, 5.74) is 5.63. The summed E-state index contributed by atoms with van der Waals surface area (Å²) in [6.45, 7) is 1.21. The van der Waals surface area contributed by atoms with Crippen LogP contribution in [0.15, 0.2) is 21.8 Å². The number of nitrogen functional groups attached to an aromatic ring is 1. The van der Waals surface area contributed by atoms with Gasteiger partial charge in [-0.25, -0.2) is 4.98 Å². The third-order valence-electron chi connectivity index (χ3n) is 6.46. The molecule has 1 aromatic rings. The second kappa shape index (κ2) is 8.93. The second-order valence-electron chi connectivity index (χ2n) is 8.46. The average Bonchev–Trinajstić information content (AvgIpc) is 3.37. The molecular weight excluding hydrogens is 472 g/mol. The number of thiazole rings is 1. The van der Waals surface area contributed by atoms with E-state index in [1.807, 2.05) is 7.05 Å². The number of aliphatic hydroxyl groups is 1. The lowest BCUT2D eigenvalue weighted by atomic mass is 10.0. The molecular formula is C19H24N6O6S2. The standard InChI is InChI=1S/C19H24N6O6S2/c1-25(4-2-3-10(25)6-26)5-9-7-32-17-13(16(28)24(17)14(9)18(29)30)22-15(27)12(23-31)11-8-33-19(20)21-11/h8,10,13,17,26H,2-7H2,1H3,(H4-,20,21,22,27,29,30,31)/t10?,13?,17-,25?/m1/s1. The zero-order chi connectivity index (χ0) is 23.9. The number of quaternary nitrogens is 1. The minimum absolute atomic E-state index is 0.0103. The smallest absolute Gasteiger partial charge is 0.276 e. The summed E-state index contributed by atoms with van der Waals surface area (Å²) in [6.07, 6.45) is 1.79. The largest absolute Gasteiger partial charge is 0.543 e. The van der Waals surface area contributed by atoms with E-state index in [-0.39, 0.29) is 29.2 Å². The van der Waals surface area contributed by atoms with Crippen LogP contribution in [-0.2, 0) is 14.4 Å². The van der Waals surface area contributed by atoms with Crippen LogP contribution in [0.2, 0.25) is 0 Å². The summed E-state index contributed by atoms with van der Waals surface area (Å²) >= 11 is 2.40. The number of aliphatic carboxylic acids is 1. The number of oxime groups is 1. The highest BCUT2D eigenvalue weighted by Crippen LogP contribution is 2.41. The molecule has 0 aliphatic carbocycles. The van der Waals surface area contributed by atoms with E-state index >= 15 is 0 Å². The summed E-state index contributed by atoms with van der Waals surface area (Å²) in [5.74, 6) is -2.52. The Kier molecular flexibility index (Phi) is 6.35. The van der Waals surface area contributed by atoms with Crippen molar-refractivity contribution in [3.8, 4) is 0 Å². The summed E-state index contributed by atoms with van der Waals surface area (Å²) in [4.78, 5) is 42.5. The molecule has 12 nitrogen and oxygen atoms in total. The molecule has 4 heterocycles. The van der Waals surface area contributed by atoms with Crippen molar-refractivity contribution in [3.05, 3.63) is 22.3 Å². The molecule has 3 aliphatic heterocycles. The SMILES string of the molecule is C[N+]1(CC2=C(C(=O)[O-])N3C(=O)C(NC(=O)C(=NO)c4csc(N)n4)[C@H]3SC2)CCCC1CO. The van der Waals surface area contributed by atoms with E-state index in [1.165, 1.54) is 17.1 Å². The molecule has 0 spiro atoms. The fourth-order valence-corrected chi connectivity index (χ4v) is 6.61. The number of likely N-dealkylation sites (tertiary alicyclic amines) is 1. The number of carboxylic acids is 1. The van der Waals surface area contributed by atoms with Crippen molar-refractivity contribution >= 4 is 51.7 Å². The lowest BCUT2D eigenvalue weighted by Gasteiger charge is -2.51. The third-order valence-corrected chi connectivity index (χ3v) is 8.47. The maximum absolute atomic E-state index is 12.9. The van der Waals surface area contributed by atoms with Crippen LogP contribution in [0.25, 0.3) is 0 Å². The Morgan fingerprint density at radius 2 is 2.24 bits per heavy atom. The van der Waals surface area contributed by atoms with Gasteiger partial charge in [0.2, 0.25) is 0 Å². The van der Waals surface area contributed by atoms with Crippen molar-refractivity contribution in [1.82, 2.24) is 15.2 Å². The number of carbonyl (C=O) groups excluding carboxylic acids is 3. The van der Waals surface area contributed by atoms with Crippen molar-refractivity contribution in [3.63, 3.8) is 0 Å². The predicted molar refractivity (Wildman–Crippen MR) is 118 cm³/mol. The number of amides is 2. The Morgan fingerprint density at radius 1 is 1.48 bits per heavy atom. The van der Waals surface area contributed by atoms with Gasteiger partial charge in [-0.2, -0.15) is 0 Å². The molecule has 0 bridgehead atoms. The molecule has 4 atom stereocenters. The van der Waals surface area contributed by atoms with Crippen LogP contribution >= 0.6 is 23.1 Å². The van der Waals surface area contributed by atoms with Gasteiger partial charge in [0.1, 0.15) is 29.7 Å². The number of thioether (sulfide) groups is 1. The average molecular weight is 497 g/mol. The first-order valence-corrected chi connectivity index (χ1v) is 12.2. The maximum Gasteiger partial charge on any atom is 0.276 e. The van der Waals surface area contributed by atoms with Crippen LogP contribution in [-0.4, -0.2) is 98.1 Å². The van der Waals surface area contributed by atoms with Crippen molar-refractivity contribution in [2.75, 3.05) is 38.2 Å². The molecule has 2 amide bonds. The molecule has 178 valence electrons. The van der Waals surface area contributed by atoms with Gasteiger partial charge in [0.15, 0.2) is 10.8 Å². The first-order chi connectivity index (χ1) is 15.7. The molecule has 2 fully saturated rings. The van der Waals surface area contributed by atoms with Gasteiger partial charge in [-0.3, -0.25) is 14.5 Å². The van der Waals surface area contributed by atoms with Crippen LogP contribution in [0.3, 0.4) is 0 Å². The zero-order valence-electron chi connectivity index (χ0n) is 17.8. The lowest BCUT2D eigenvalue weighted by Crippen LogP contribution is -2.72. The molecule has 3 aliphatic rings. The highest BCUT2D eigenvalue weighted by Gasteiger charge is 2.54. The van der Waals surface area contributed by atoms with E-state index in [0.29, 0.717) is 22.4 Å². The van der Waals surface area contributed by atoms with E-state index in [0.717, 1.165) is 35.6 Å². The Morgan fingerprint density at radius 3 is 2.85 bits per heavy atom. The monoisotopic (exact) mass is 496 g/mol. The van der Waals surface area contributed by atoms with Crippen LogP contribution in [0, 0.1) is 0 Å². The van der Waals surface area contributed by atoms with Crippen molar-refractivity contribution in [2.45, 2.75) is 30.3 Å². The Bertz CT molecular complexity index is 1060. The molecule has 3 unspecified atom stereocenters. The minimum Gasteiger partial charge on any atom is -0.543 e. The number of anilines is 1. The first kappa shape index (κ1) is 23.5. The fraction of sp³-hybridized carbons (Fsp3) is 0.526. The number of hydrogen-bond acceptors (Lipinski definition) is 11. The molecule has 1 aromatic heterocycles. The highest BCUT2D eigenvalue weighted by atomic mass is 32.2. The van der Waals surface area contributed by atoms with Crippen molar-refractivity contribution in [1.29, 1.82) is 0 Å². The number of likely N-dealkylation sites (N-methyl/N-ethyl adjacent to an activating group) is 1. The molecule has 5 N–H and O–H groups in total. The van der Waals surface area contributed by atoms with Gasteiger partial charge in [-0.1, -0.05) is 5.16 Å². The highest BCUT2D eigenvalue weighted by molar-refractivity contribution is 8.00. The van der Waals surface area contributed by atoms with Gasteiger partial charge in [-0.05, 0) is 0 Å². The first-order valence-electron chi connectivity index (χ1n) is 10.3. The maximum atomic E-state index is 12.9. The fourth-order valence-electron chi connectivity index (χ4n) is 4.73. The van der Waals surface area contributed by atoms with Crippen molar-refractivity contribution < 1.29 is 34.3 Å². The second-order valence-corrected chi connectivity index (χ2v) is 10.5. The van der Waals surface area contributed by atoms with Crippen LogP contribution in [0.4, 0.5) is 5.13 Å². The van der Waals surface area contributed by atoms with Crippen LogP contribution in [0.1, 0.15) is 18.5 Å². The summed E-state index contributed by atoms with van der Waals surface area (Å²) in [5, 5.41) is 37.4. The number of fused-ring (bicyclic) bond motifs is 1. The number of aliphatic hydroxyl groups excluding tert-OH is 1. The van der Waals surface area contributed by atoms with Gasteiger partial charge in [-0.15, -0.1) is 23.1 Å². The van der Waals surface area contributed by atoms with Gasteiger partial charge >= 0.3 is 0 Å². The van der Waals surface area contributed by atoms with E-state index in [4.69, 9.17) is 5.73 Å². The van der Waals surface area contributed by atoms with Crippen LogP contribution < -0.4 is 16.2 Å². The number of rotatable bonds is 7. The number of nitrogens with one attached hydrogen (secondary N) is 1. The Balaban J connectivity index is 1.52. The molecule has 0 aromatic carbocycles. The van der Waals surface area contributed by atoms with E-state index in [9.17, 15) is 29.8 Å². The van der Waals surface area contributed by atoms with Crippen molar-refractivity contribution in [2.24, 2.45) is 5.16 Å². The number of aromatic nitrogens is 1. The van der Waals surface area contributed by atoms with Gasteiger partial charge in [0.25, 0.3) is 11.8 Å². The van der Waals surface area contributed by atoms with Gasteiger partial charge in [0.05, 0.1) is 31.9 Å². The van der Waals surface area contributed by atoms with E-state index < -0.39 is 34.9 Å². The number of nitrogens with zero attached hydrogens (tertiary/aromatic N) is 4. The quantitative estimate of drug-likeness (QED) is 0.108. The third kappa shape index (κ3) is 4.07. The lowest BCUT2D eigenvalue weighted by molar-refractivity contribution is -0.917. The molecule has 33 heavy (non-hydrogen) atoms. The molecule has 0 radical (unpaired) electrons. The zero-order valence-corrected chi connectivity index (χ0v) is 19.4. The Hall–Kier alpha value is -2.68. The van der Waals surface area contributed by atoms with Gasteiger partial charge < -0.3 is 35.7 Å². The number of carboxylic acid groups (broad SMARTS) is 1. The van der Waals surface area contributed by atoms with E-state index in [1.54, 1.807) is 0 Å². The minimum atomic E-state index is -1.45. The summed E-state index contributed by atoms with van der Waals surface area (Å²) in [6, 6.07) is -0.980. The molecule has 2 saturated heterocycles. The molecule has 0 saturated carbocycles. The topological polar surface area (TPSA) is 181 Å². The summed E-state index contributed by atoms with van der Waals surface area (Å²) in [7, 11) is 1.98. The van der Waals surface area contributed by atoms with Crippen LogP contribution in [0.5, 0.6) is 0 Å². The predicted octanol–water partition coefficient (Wildman–Crippen LogP) is -2.09. The normalized spacial score (nSPS) is 29.6.